The molecule has 2 aromatic heterocycles. The molecule has 0 aromatic carbocycles. The number of aromatic nitrogens is 1. The van der Waals surface area contributed by atoms with Gasteiger partial charge in [0, 0.05) is 22.5 Å². The van der Waals surface area contributed by atoms with Crippen LogP contribution in [0.4, 0.5) is 0 Å². The molecule has 72 valence electrons. The molecule has 14 heavy (non-hydrogen) atoms. The highest BCUT2D eigenvalue weighted by Crippen LogP contribution is 2.33. The molecule has 2 aromatic rings. The standard InChI is InChI=1S/C10H10N2S2/c1-3-12-10(9-5-11-6-14-9)7-2-4-13-8(1)7/h2,4-6,10,12H,1,3H2. The molecule has 0 bridgehead atoms. The van der Waals surface area contributed by atoms with Gasteiger partial charge in [-0.15, -0.1) is 22.7 Å². The third-order valence-corrected chi connectivity index (χ3v) is 4.36. The van der Waals surface area contributed by atoms with Gasteiger partial charge in [-0.25, -0.2) is 0 Å². The summed E-state index contributed by atoms with van der Waals surface area (Å²) in [4.78, 5) is 6.99. The van der Waals surface area contributed by atoms with E-state index in [1.807, 2.05) is 23.0 Å². The summed E-state index contributed by atoms with van der Waals surface area (Å²) in [6.07, 6.45) is 3.14. The Morgan fingerprint density at radius 2 is 2.43 bits per heavy atom. The van der Waals surface area contributed by atoms with Gasteiger partial charge in [-0.2, -0.15) is 0 Å². The van der Waals surface area contributed by atoms with Gasteiger partial charge in [-0.3, -0.25) is 4.98 Å². The van der Waals surface area contributed by atoms with Crippen LogP contribution in [0.25, 0.3) is 0 Å². The Morgan fingerprint density at radius 3 is 3.29 bits per heavy atom. The average molecular weight is 222 g/mol. The van der Waals surface area contributed by atoms with E-state index in [9.17, 15) is 0 Å². The van der Waals surface area contributed by atoms with E-state index in [4.69, 9.17) is 0 Å². The lowest BCUT2D eigenvalue weighted by Crippen LogP contribution is -2.28. The van der Waals surface area contributed by atoms with Crippen LogP contribution in [0.15, 0.2) is 23.2 Å². The maximum Gasteiger partial charge on any atom is 0.0794 e. The number of rotatable bonds is 1. The highest BCUT2D eigenvalue weighted by Gasteiger charge is 2.22. The van der Waals surface area contributed by atoms with Crippen molar-refractivity contribution >= 4 is 22.7 Å². The highest BCUT2D eigenvalue weighted by atomic mass is 32.1. The van der Waals surface area contributed by atoms with E-state index in [0.29, 0.717) is 6.04 Å². The SMILES string of the molecule is c1ncc(C2NCCc3sccc32)s1. The Kier molecular flexibility index (Phi) is 2.12. The first-order valence-corrected chi connectivity index (χ1v) is 6.39. The molecule has 3 heterocycles. The average Bonchev–Trinajstić information content (AvgIpc) is 2.88. The van der Waals surface area contributed by atoms with Gasteiger partial charge < -0.3 is 5.32 Å². The molecule has 0 saturated heterocycles. The third kappa shape index (κ3) is 1.30. The Balaban J connectivity index is 2.04. The monoisotopic (exact) mass is 222 g/mol. The van der Waals surface area contributed by atoms with Crippen LogP contribution in [-0.4, -0.2) is 11.5 Å². The summed E-state index contributed by atoms with van der Waals surface area (Å²) in [5.74, 6) is 0. The van der Waals surface area contributed by atoms with E-state index >= 15 is 0 Å². The highest BCUT2D eigenvalue weighted by molar-refractivity contribution is 7.10. The van der Waals surface area contributed by atoms with Crippen molar-refractivity contribution in [2.45, 2.75) is 12.5 Å². The van der Waals surface area contributed by atoms with Crippen molar-refractivity contribution in [3.05, 3.63) is 38.5 Å². The molecule has 1 atom stereocenters. The molecule has 0 spiro atoms. The second-order valence-corrected chi connectivity index (χ2v) is 5.26. The number of hydrogen-bond donors (Lipinski definition) is 1. The van der Waals surface area contributed by atoms with E-state index in [0.717, 1.165) is 6.54 Å². The van der Waals surface area contributed by atoms with Crippen molar-refractivity contribution in [1.29, 1.82) is 0 Å². The van der Waals surface area contributed by atoms with Crippen LogP contribution >= 0.6 is 22.7 Å². The van der Waals surface area contributed by atoms with Crippen molar-refractivity contribution in [1.82, 2.24) is 10.3 Å². The number of fused-ring (bicyclic) bond motifs is 1. The molecular formula is C10H10N2S2. The van der Waals surface area contributed by atoms with Crippen molar-refractivity contribution < 1.29 is 0 Å². The smallest absolute Gasteiger partial charge is 0.0794 e. The van der Waals surface area contributed by atoms with Crippen LogP contribution in [0.2, 0.25) is 0 Å². The molecule has 0 aliphatic carbocycles. The maximum atomic E-state index is 4.14. The van der Waals surface area contributed by atoms with Crippen LogP contribution in [0.3, 0.4) is 0 Å². The van der Waals surface area contributed by atoms with Gasteiger partial charge in [-0.1, -0.05) is 0 Å². The van der Waals surface area contributed by atoms with Crippen LogP contribution < -0.4 is 5.32 Å². The molecule has 2 nitrogen and oxygen atoms in total. The summed E-state index contributed by atoms with van der Waals surface area (Å²) in [7, 11) is 0. The van der Waals surface area contributed by atoms with Crippen molar-refractivity contribution in [2.24, 2.45) is 0 Å². The number of nitrogens with one attached hydrogen (secondary N) is 1. The van der Waals surface area contributed by atoms with E-state index in [1.54, 1.807) is 11.3 Å². The van der Waals surface area contributed by atoms with Crippen LogP contribution in [-0.2, 0) is 6.42 Å². The predicted octanol–water partition coefficient (Wildman–Crippen LogP) is 2.44. The Bertz CT molecular complexity index is 419. The fraction of sp³-hybridized carbons (Fsp3) is 0.300. The third-order valence-electron chi connectivity index (χ3n) is 2.53. The molecular weight excluding hydrogens is 212 g/mol. The summed E-state index contributed by atoms with van der Waals surface area (Å²) in [6.45, 7) is 1.08. The summed E-state index contributed by atoms with van der Waals surface area (Å²) >= 11 is 3.60. The van der Waals surface area contributed by atoms with Gasteiger partial charge in [0.1, 0.15) is 0 Å². The minimum absolute atomic E-state index is 0.387. The Morgan fingerprint density at radius 1 is 1.43 bits per heavy atom. The molecule has 1 N–H and O–H groups in total. The number of thiazole rings is 1. The van der Waals surface area contributed by atoms with E-state index in [1.165, 1.54) is 21.7 Å². The summed E-state index contributed by atoms with van der Waals surface area (Å²) in [5.41, 5.74) is 3.35. The minimum atomic E-state index is 0.387. The molecule has 0 amide bonds. The van der Waals surface area contributed by atoms with Crippen molar-refractivity contribution in [3.63, 3.8) is 0 Å². The van der Waals surface area contributed by atoms with Crippen LogP contribution in [0.5, 0.6) is 0 Å². The van der Waals surface area contributed by atoms with Gasteiger partial charge in [0.2, 0.25) is 0 Å². The lowest BCUT2D eigenvalue weighted by molar-refractivity contribution is 0.581. The lowest BCUT2D eigenvalue weighted by Gasteiger charge is -2.22. The van der Waals surface area contributed by atoms with Crippen molar-refractivity contribution in [3.8, 4) is 0 Å². The van der Waals surface area contributed by atoms with Gasteiger partial charge in [0.15, 0.2) is 0 Å². The zero-order chi connectivity index (χ0) is 9.38. The topological polar surface area (TPSA) is 24.9 Å². The number of nitrogens with zero attached hydrogens (tertiary/aromatic N) is 1. The minimum Gasteiger partial charge on any atom is -0.305 e. The first kappa shape index (κ1) is 8.59. The molecule has 0 fully saturated rings. The Labute approximate surface area is 90.6 Å². The van der Waals surface area contributed by atoms with E-state index in [-0.39, 0.29) is 0 Å². The summed E-state index contributed by atoms with van der Waals surface area (Å²) in [6, 6.07) is 2.62. The van der Waals surface area contributed by atoms with Crippen LogP contribution in [0, 0.1) is 0 Å². The maximum absolute atomic E-state index is 4.14. The zero-order valence-corrected chi connectivity index (χ0v) is 9.20. The number of thiophene rings is 1. The fourth-order valence-corrected chi connectivity index (χ4v) is 3.51. The van der Waals surface area contributed by atoms with Crippen molar-refractivity contribution in [2.75, 3.05) is 6.54 Å². The molecule has 3 rings (SSSR count). The van der Waals surface area contributed by atoms with Gasteiger partial charge >= 0.3 is 0 Å². The molecule has 0 saturated carbocycles. The van der Waals surface area contributed by atoms with Gasteiger partial charge in [0.25, 0.3) is 0 Å². The fourth-order valence-electron chi connectivity index (χ4n) is 1.87. The quantitative estimate of drug-likeness (QED) is 0.801. The molecule has 0 radical (unpaired) electrons. The van der Waals surface area contributed by atoms with Gasteiger partial charge in [-0.05, 0) is 23.4 Å². The van der Waals surface area contributed by atoms with E-state index < -0.39 is 0 Å². The van der Waals surface area contributed by atoms with Crippen LogP contribution in [0.1, 0.15) is 21.4 Å². The molecule has 1 aliphatic heterocycles. The molecule has 1 unspecified atom stereocenters. The lowest BCUT2D eigenvalue weighted by atomic mass is 10.0. The second kappa shape index (κ2) is 3.46. The number of hydrogen-bond acceptors (Lipinski definition) is 4. The molecule has 1 aliphatic rings. The first-order chi connectivity index (χ1) is 6.95. The predicted molar refractivity (Wildman–Crippen MR) is 60.0 cm³/mol. The van der Waals surface area contributed by atoms with Gasteiger partial charge in [0.05, 0.1) is 11.6 Å². The van der Waals surface area contributed by atoms with E-state index in [2.05, 4.69) is 21.7 Å². The summed E-state index contributed by atoms with van der Waals surface area (Å²) in [5, 5.41) is 5.73. The second-order valence-electron chi connectivity index (χ2n) is 3.34. The largest absolute Gasteiger partial charge is 0.305 e. The zero-order valence-electron chi connectivity index (χ0n) is 7.56. The Hall–Kier alpha value is -0.710. The molecule has 4 heteroatoms. The first-order valence-electron chi connectivity index (χ1n) is 4.63. The normalized spacial score (nSPS) is 20.7. The summed E-state index contributed by atoms with van der Waals surface area (Å²) < 4.78 is 0.